The zero-order chi connectivity index (χ0) is 11.7. The highest BCUT2D eigenvalue weighted by molar-refractivity contribution is 5.85. The molecule has 0 saturated heterocycles. The van der Waals surface area contributed by atoms with Crippen LogP contribution in [0.25, 0.3) is 11.1 Å². The van der Waals surface area contributed by atoms with Crippen LogP contribution in [0.2, 0.25) is 0 Å². The first-order chi connectivity index (χ1) is 7.65. The fraction of sp³-hybridized carbons (Fsp3) is 0.273. The number of hydrogen-bond acceptors (Lipinski definition) is 4. The van der Waals surface area contributed by atoms with Gasteiger partial charge in [-0.2, -0.15) is 0 Å². The Balaban J connectivity index is 2.64. The van der Waals surface area contributed by atoms with Crippen LogP contribution in [-0.4, -0.2) is 23.2 Å². The number of fused-ring (bicyclic) bond motifs is 1. The average Bonchev–Trinajstić information content (AvgIpc) is 2.74. The van der Waals surface area contributed by atoms with Crippen LogP contribution in [0.5, 0.6) is 5.75 Å². The topological polar surface area (TPSA) is 72.6 Å². The Bertz CT molecular complexity index is 532. The Kier molecular flexibility index (Phi) is 2.52. The molecule has 1 N–H and O–H groups in total. The van der Waals surface area contributed by atoms with Gasteiger partial charge in [0.05, 0.1) is 13.0 Å². The second-order valence-electron chi connectivity index (χ2n) is 3.45. The Morgan fingerprint density at radius 1 is 1.56 bits per heavy atom. The molecule has 0 spiro atoms. The molecule has 0 aliphatic carbocycles. The number of methoxy groups -OCH3 is 1. The third-order valence-electron chi connectivity index (χ3n) is 2.53. The summed E-state index contributed by atoms with van der Waals surface area (Å²) in [6.45, 7) is 1.60. The van der Waals surface area contributed by atoms with Crippen molar-refractivity contribution in [3.8, 4) is 5.75 Å². The Labute approximate surface area is 91.7 Å². The van der Waals surface area contributed by atoms with Crippen molar-refractivity contribution < 1.29 is 19.1 Å². The van der Waals surface area contributed by atoms with Crippen LogP contribution in [0.15, 0.2) is 22.9 Å². The molecule has 0 saturated carbocycles. The van der Waals surface area contributed by atoms with Gasteiger partial charge in [0, 0.05) is 5.56 Å². The number of hydrogen-bond donors (Lipinski definition) is 1. The fourth-order valence-corrected chi connectivity index (χ4v) is 1.61. The fourth-order valence-electron chi connectivity index (χ4n) is 1.61. The van der Waals surface area contributed by atoms with E-state index in [1.54, 1.807) is 19.1 Å². The maximum atomic E-state index is 10.9. The van der Waals surface area contributed by atoms with Gasteiger partial charge in [-0.25, -0.2) is 4.98 Å². The average molecular weight is 221 g/mol. The summed E-state index contributed by atoms with van der Waals surface area (Å²) in [5.41, 5.74) is 1.72. The predicted octanol–water partition coefficient (Wildman–Crippen LogP) is 2.02. The van der Waals surface area contributed by atoms with Gasteiger partial charge in [0.25, 0.3) is 0 Å². The minimum atomic E-state index is -0.902. The van der Waals surface area contributed by atoms with Gasteiger partial charge in [0.1, 0.15) is 0 Å². The maximum absolute atomic E-state index is 10.9. The second-order valence-corrected chi connectivity index (χ2v) is 3.45. The summed E-state index contributed by atoms with van der Waals surface area (Å²) in [4.78, 5) is 15.0. The van der Waals surface area contributed by atoms with E-state index in [0.717, 1.165) is 0 Å². The minimum absolute atomic E-state index is 0.459. The van der Waals surface area contributed by atoms with Gasteiger partial charge in [-0.3, -0.25) is 4.79 Å². The van der Waals surface area contributed by atoms with E-state index < -0.39 is 11.9 Å². The summed E-state index contributed by atoms with van der Waals surface area (Å²) in [6, 6.07) is 3.38. The van der Waals surface area contributed by atoms with E-state index in [2.05, 4.69) is 4.98 Å². The summed E-state index contributed by atoms with van der Waals surface area (Å²) in [5.74, 6) is -1.08. The number of oxazole rings is 1. The highest BCUT2D eigenvalue weighted by Gasteiger charge is 2.21. The number of aromatic nitrogens is 1. The number of carboxylic acids is 1. The lowest BCUT2D eigenvalue weighted by Crippen LogP contribution is -2.09. The quantitative estimate of drug-likeness (QED) is 0.858. The molecule has 5 nitrogen and oxygen atoms in total. The first-order valence-electron chi connectivity index (χ1n) is 4.78. The van der Waals surface area contributed by atoms with Crippen molar-refractivity contribution in [3.63, 3.8) is 0 Å². The first-order valence-corrected chi connectivity index (χ1v) is 4.78. The van der Waals surface area contributed by atoms with Gasteiger partial charge in [0.15, 0.2) is 23.2 Å². The van der Waals surface area contributed by atoms with Gasteiger partial charge in [-0.15, -0.1) is 0 Å². The van der Waals surface area contributed by atoms with Crippen molar-refractivity contribution >= 4 is 17.1 Å². The number of aliphatic carboxylic acids is 1. The van der Waals surface area contributed by atoms with Crippen LogP contribution in [-0.2, 0) is 4.79 Å². The number of rotatable bonds is 3. The standard InChI is InChI=1S/C11H11NO4/c1-6(11(13)14)7-3-4-8-9(10(7)15-2)12-5-16-8/h3-6H,1-2H3,(H,13,14). The molecule has 16 heavy (non-hydrogen) atoms. The van der Waals surface area contributed by atoms with Crippen molar-refractivity contribution in [2.45, 2.75) is 12.8 Å². The number of carboxylic acid groups (broad SMARTS) is 1. The highest BCUT2D eigenvalue weighted by Crippen LogP contribution is 2.33. The number of carbonyl (C=O) groups is 1. The summed E-state index contributed by atoms with van der Waals surface area (Å²) in [7, 11) is 1.49. The van der Waals surface area contributed by atoms with Crippen LogP contribution in [0, 0.1) is 0 Å². The van der Waals surface area contributed by atoms with Gasteiger partial charge >= 0.3 is 5.97 Å². The lowest BCUT2D eigenvalue weighted by Gasteiger charge is -2.11. The summed E-state index contributed by atoms with van der Waals surface area (Å²) in [6.07, 6.45) is 1.31. The van der Waals surface area contributed by atoms with E-state index in [0.29, 0.717) is 22.4 Å². The summed E-state index contributed by atoms with van der Waals surface area (Å²) >= 11 is 0. The van der Waals surface area contributed by atoms with Crippen molar-refractivity contribution in [1.29, 1.82) is 0 Å². The normalized spacial score (nSPS) is 12.6. The van der Waals surface area contributed by atoms with Crippen LogP contribution in [0.4, 0.5) is 0 Å². The van der Waals surface area contributed by atoms with Crippen LogP contribution >= 0.6 is 0 Å². The Morgan fingerprint density at radius 3 is 2.94 bits per heavy atom. The Morgan fingerprint density at radius 2 is 2.31 bits per heavy atom. The molecule has 2 rings (SSSR count). The molecule has 84 valence electrons. The van der Waals surface area contributed by atoms with Gasteiger partial charge in [-0.05, 0) is 13.0 Å². The Hall–Kier alpha value is -2.04. The number of nitrogens with zero attached hydrogens (tertiary/aromatic N) is 1. The maximum Gasteiger partial charge on any atom is 0.310 e. The lowest BCUT2D eigenvalue weighted by molar-refractivity contribution is -0.138. The van der Waals surface area contributed by atoms with Gasteiger partial charge < -0.3 is 14.3 Å². The molecule has 5 heteroatoms. The molecule has 1 atom stereocenters. The highest BCUT2D eigenvalue weighted by atomic mass is 16.5. The molecule has 1 aromatic heterocycles. The van der Waals surface area contributed by atoms with E-state index in [-0.39, 0.29) is 0 Å². The zero-order valence-electron chi connectivity index (χ0n) is 8.93. The molecule has 1 heterocycles. The molecule has 1 aromatic carbocycles. The van der Waals surface area contributed by atoms with Gasteiger partial charge in [0.2, 0.25) is 0 Å². The molecule has 0 bridgehead atoms. The van der Waals surface area contributed by atoms with E-state index in [1.807, 2.05) is 0 Å². The monoisotopic (exact) mass is 221 g/mol. The van der Waals surface area contributed by atoms with E-state index >= 15 is 0 Å². The minimum Gasteiger partial charge on any atom is -0.494 e. The number of ether oxygens (including phenoxy) is 1. The smallest absolute Gasteiger partial charge is 0.310 e. The molecule has 1 unspecified atom stereocenters. The zero-order valence-corrected chi connectivity index (χ0v) is 8.93. The predicted molar refractivity (Wildman–Crippen MR) is 56.6 cm³/mol. The molecular formula is C11H11NO4. The van der Waals surface area contributed by atoms with Crippen molar-refractivity contribution in [2.24, 2.45) is 0 Å². The van der Waals surface area contributed by atoms with Crippen molar-refractivity contribution in [1.82, 2.24) is 4.98 Å². The second kappa shape index (κ2) is 3.84. The molecule has 0 radical (unpaired) electrons. The van der Waals surface area contributed by atoms with Crippen molar-refractivity contribution in [2.75, 3.05) is 7.11 Å². The van der Waals surface area contributed by atoms with Crippen LogP contribution < -0.4 is 4.74 Å². The van der Waals surface area contributed by atoms with E-state index in [9.17, 15) is 4.79 Å². The third-order valence-corrected chi connectivity index (χ3v) is 2.53. The molecule has 0 aliphatic heterocycles. The van der Waals surface area contributed by atoms with Crippen LogP contribution in [0.1, 0.15) is 18.4 Å². The van der Waals surface area contributed by atoms with E-state index in [1.165, 1.54) is 13.5 Å². The largest absolute Gasteiger partial charge is 0.494 e. The lowest BCUT2D eigenvalue weighted by atomic mass is 10.00. The summed E-state index contributed by atoms with van der Waals surface area (Å²) in [5, 5.41) is 8.98. The number of benzene rings is 1. The SMILES string of the molecule is COc1c(C(C)C(=O)O)ccc2ocnc12. The molecular weight excluding hydrogens is 210 g/mol. The third kappa shape index (κ3) is 1.50. The first kappa shape index (κ1) is 10.5. The van der Waals surface area contributed by atoms with Crippen molar-refractivity contribution in [3.05, 3.63) is 24.1 Å². The molecule has 2 aromatic rings. The van der Waals surface area contributed by atoms with Gasteiger partial charge in [-0.1, -0.05) is 6.07 Å². The van der Waals surface area contributed by atoms with E-state index in [4.69, 9.17) is 14.3 Å². The van der Waals surface area contributed by atoms with Crippen LogP contribution in [0.3, 0.4) is 0 Å². The molecule has 0 fully saturated rings. The molecule has 0 aliphatic rings. The summed E-state index contributed by atoms with van der Waals surface area (Å²) < 4.78 is 10.3. The molecule has 0 amide bonds.